The number of thioether (sulfide) groups is 1. The van der Waals surface area contributed by atoms with Gasteiger partial charge in [-0.05, 0) is 44.2 Å². The van der Waals surface area contributed by atoms with Crippen molar-refractivity contribution in [2.24, 2.45) is 0 Å². The van der Waals surface area contributed by atoms with Gasteiger partial charge in [0.05, 0.1) is 22.3 Å². The van der Waals surface area contributed by atoms with E-state index in [4.69, 9.17) is 16.1 Å². The maximum atomic E-state index is 13.2. The lowest BCUT2D eigenvalue weighted by Gasteiger charge is -2.13. The van der Waals surface area contributed by atoms with Crippen molar-refractivity contribution in [3.8, 4) is 5.69 Å². The molecule has 4 aromatic rings. The molecule has 0 aliphatic heterocycles. The molecule has 0 spiro atoms. The number of anilines is 1. The molecule has 152 valence electrons. The SMILES string of the molecule is Cc1ccc(-n2c(SCC(=O)Nc3cc(C)on3)nc3cc(Cl)ccc3c2=O)cc1. The Kier molecular flexibility index (Phi) is 5.61. The topological polar surface area (TPSA) is 90.0 Å². The van der Waals surface area contributed by atoms with E-state index >= 15 is 0 Å². The zero-order valence-corrected chi connectivity index (χ0v) is 17.8. The fraction of sp³-hybridized carbons (Fsp3) is 0.143. The van der Waals surface area contributed by atoms with Gasteiger partial charge in [-0.25, -0.2) is 4.98 Å². The van der Waals surface area contributed by atoms with Gasteiger partial charge in [-0.2, -0.15) is 0 Å². The van der Waals surface area contributed by atoms with Crippen LogP contribution in [0.15, 0.2) is 63.0 Å². The van der Waals surface area contributed by atoms with Crippen LogP contribution in [0.3, 0.4) is 0 Å². The Morgan fingerprint density at radius 3 is 2.63 bits per heavy atom. The van der Waals surface area contributed by atoms with E-state index in [1.165, 1.54) is 4.57 Å². The maximum Gasteiger partial charge on any atom is 0.266 e. The minimum Gasteiger partial charge on any atom is -0.360 e. The quantitative estimate of drug-likeness (QED) is 0.366. The third-order valence-electron chi connectivity index (χ3n) is 4.32. The second-order valence-corrected chi connectivity index (χ2v) is 8.07. The molecule has 9 heteroatoms. The number of benzene rings is 2. The monoisotopic (exact) mass is 440 g/mol. The molecular formula is C21H17ClN4O3S. The number of hydrogen-bond acceptors (Lipinski definition) is 6. The van der Waals surface area contributed by atoms with Crippen molar-refractivity contribution in [2.75, 3.05) is 11.1 Å². The number of carbonyl (C=O) groups excluding carboxylic acids is 1. The number of amides is 1. The van der Waals surface area contributed by atoms with Crippen LogP contribution < -0.4 is 10.9 Å². The highest BCUT2D eigenvalue weighted by Crippen LogP contribution is 2.23. The van der Waals surface area contributed by atoms with E-state index in [2.05, 4.69) is 15.5 Å². The molecule has 2 heterocycles. The number of aryl methyl sites for hydroxylation is 2. The van der Waals surface area contributed by atoms with Crippen LogP contribution in [-0.4, -0.2) is 26.4 Å². The van der Waals surface area contributed by atoms with Crippen LogP contribution >= 0.6 is 23.4 Å². The van der Waals surface area contributed by atoms with Gasteiger partial charge in [0, 0.05) is 11.1 Å². The van der Waals surface area contributed by atoms with E-state index in [1.54, 1.807) is 31.2 Å². The van der Waals surface area contributed by atoms with Gasteiger partial charge in [0.2, 0.25) is 5.91 Å². The second kappa shape index (κ2) is 8.33. The first-order valence-electron chi connectivity index (χ1n) is 9.06. The van der Waals surface area contributed by atoms with Gasteiger partial charge >= 0.3 is 0 Å². The molecule has 2 aromatic heterocycles. The average Bonchev–Trinajstić information content (AvgIpc) is 3.11. The number of rotatable bonds is 5. The van der Waals surface area contributed by atoms with Gasteiger partial charge in [-0.15, -0.1) is 0 Å². The summed E-state index contributed by atoms with van der Waals surface area (Å²) in [4.78, 5) is 30.2. The standard InChI is InChI=1S/C21H17ClN4O3S/c1-12-3-6-15(7-4-12)26-20(28)16-8-5-14(22)10-17(16)23-21(26)30-11-19(27)24-18-9-13(2)29-25-18/h3-10H,11H2,1-2H3,(H,24,25,27). The summed E-state index contributed by atoms with van der Waals surface area (Å²) in [6.45, 7) is 3.71. The Bertz CT molecular complexity index is 1300. The van der Waals surface area contributed by atoms with E-state index in [-0.39, 0.29) is 17.2 Å². The first kappa shape index (κ1) is 20.2. The van der Waals surface area contributed by atoms with Gasteiger partial charge in [-0.1, -0.05) is 46.2 Å². The Hall–Kier alpha value is -3.10. The number of fused-ring (bicyclic) bond motifs is 1. The lowest BCUT2D eigenvalue weighted by atomic mass is 10.2. The third kappa shape index (κ3) is 4.24. The van der Waals surface area contributed by atoms with Crippen LogP contribution in [0.1, 0.15) is 11.3 Å². The molecule has 30 heavy (non-hydrogen) atoms. The average molecular weight is 441 g/mol. The molecule has 0 saturated carbocycles. The second-order valence-electron chi connectivity index (χ2n) is 6.69. The summed E-state index contributed by atoms with van der Waals surface area (Å²) < 4.78 is 6.46. The predicted octanol–water partition coefficient (Wildman–Crippen LogP) is 4.37. The summed E-state index contributed by atoms with van der Waals surface area (Å²) in [5.41, 5.74) is 2.00. The summed E-state index contributed by atoms with van der Waals surface area (Å²) in [7, 11) is 0. The van der Waals surface area contributed by atoms with Gasteiger partial charge in [0.15, 0.2) is 11.0 Å². The molecule has 0 aliphatic carbocycles. The molecule has 0 saturated heterocycles. The lowest BCUT2D eigenvalue weighted by Crippen LogP contribution is -2.23. The molecule has 0 unspecified atom stereocenters. The summed E-state index contributed by atoms with van der Waals surface area (Å²) in [5.74, 6) is 0.687. The van der Waals surface area contributed by atoms with Crippen molar-refractivity contribution in [3.63, 3.8) is 0 Å². The number of halogens is 1. The van der Waals surface area contributed by atoms with Crippen LogP contribution in [0.4, 0.5) is 5.82 Å². The summed E-state index contributed by atoms with van der Waals surface area (Å²) >= 11 is 7.24. The molecule has 1 amide bonds. The molecule has 0 radical (unpaired) electrons. The van der Waals surface area contributed by atoms with Crippen molar-refractivity contribution >= 4 is 46.0 Å². The van der Waals surface area contributed by atoms with Gasteiger partial charge in [-0.3, -0.25) is 14.2 Å². The molecular weight excluding hydrogens is 424 g/mol. The molecule has 0 aliphatic rings. The lowest BCUT2D eigenvalue weighted by molar-refractivity contribution is -0.113. The number of hydrogen-bond donors (Lipinski definition) is 1. The fourth-order valence-electron chi connectivity index (χ4n) is 2.89. The molecule has 2 aromatic carbocycles. The maximum absolute atomic E-state index is 13.2. The van der Waals surface area contributed by atoms with Crippen LogP contribution in [0, 0.1) is 13.8 Å². The van der Waals surface area contributed by atoms with Crippen molar-refractivity contribution < 1.29 is 9.32 Å². The molecule has 0 fully saturated rings. The summed E-state index contributed by atoms with van der Waals surface area (Å²) in [6.07, 6.45) is 0. The Morgan fingerprint density at radius 1 is 1.17 bits per heavy atom. The van der Waals surface area contributed by atoms with Crippen LogP contribution in [-0.2, 0) is 4.79 Å². The number of aromatic nitrogens is 3. The number of carbonyl (C=O) groups is 1. The minimum absolute atomic E-state index is 0.0380. The van der Waals surface area contributed by atoms with Gasteiger partial charge in [0.1, 0.15) is 5.76 Å². The third-order valence-corrected chi connectivity index (χ3v) is 5.49. The zero-order valence-electron chi connectivity index (χ0n) is 16.2. The van der Waals surface area contributed by atoms with E-state index < -0.39 is 0 Å². The summed E-state index contributed by atoms with van der Waals surface area (Å²) in [5, 5.41) is 7.74. The smallest absolute Gasteiger partial charge is 0.266 e. The number of nitrogens with zero attached hydrogens (tertiary/aromatic N) is 3. The molecule has 0 bridgehead atoms. The largest absolute Gasteiger partial charge is 0.360 e. The van der Waals surface area contributed by atoms with E-state index in [0.717, 1.165) is 17.3 Å². The molecule has 0 atom stereocenters. The fourth-order valence-corrected chi connectivity index (χ4v) is 3.87. The Labute approximate surface area is 181 Å². The van der Waals surface area contributed by atoms with E-state index in [1.807, 2.05) is 31.2 Å². The van der Waals surface area contributed by atoms with Crippen molar-refractivity contribution in [1.82, 2.24) is 14.7 Å². The van der Waals surface area contributed by atoms with Crippen LogP contribution in [0.25, 0.3) is 16.6 Å². The zero-order chi connectivity index (χ0) is 21.3. The highest BCUT2D eigenvalue weighted by atomic mass is 35.5. The molecule has 1 N–H and O–H groups in total. The first-order valence-corrected chi connectivity index (χ1v) is 10.4. The normalized spacial score (nSPS) is 11.0. The summed E-state index contributed by atoms with van der Waals surface area (Å²) in [6, 6.07) is 14.1. The molecule has 7 nitrogen and oxygen atoms in total. The first-order chi connectivity index (χ1) is 14.4. The van der Waals surface area contributed by atoms with Gasteiger partial charge in [0.25, 0.3) is 5.56 Å². The minimum atomic E-state index is -0.288. The van der Waals surface area contributed by atoms with Crippen LogP contribution in [0.2, 0.25) is 5.02 Å². The Morgan fingerprint density at radius 2 is 1.93 bits per heavy atom. The Balaban J connectivity index is 1.71. The highest BCUT2D eigenvalue weighted by molar-refractivity contribution is 7.99. The van der Waals surface area contributed by atoms with Crippen molar-refractivity contribution in [2.45, 2.75) is 19.0 Å². The predicted molar refractivity (Wildman–Crippen MR) is 118 cm³/mol. The van der Waals surface area contributed by atoms with E-state index in [9.17, 15) is 9.59 Å². The van der Waals surface area contributed by atoms with Crippen molar-refractivity contribution in [1.29, 1.82) is 0 Å². The van der Waals surface area contributed by atoms with E-state index in [0.29, 0.717) is 38.3 Å². The van der Waals surface area contributed by atoms with Crippen molar-refractivity contribution in [3.05, 3.63) is 75.2 Å². The highest BCUT2D eigenvalue weighted by Gasteiger charge is 2.16. The number of nitrogens with one attached hydrogen (secondary N) is 1. The molecule has 4 rings (SSSR count). The van der Waals surface area contributed by atoms with Gasteiger partial charge < -0.3 is 9.84 Å². The van der Waals surface area contributed by atoms with Crippen LogP contribution in [0.5, 0.6) is 0 Å².